The third-order valence-corrected chi connectivity index (χ3v) is 5.87. The van der Waals surface area contributed by atoms with E-state index in [0.29, 0.717) is 49.2 Å². The molecule has 0 spiro atoms. The number of ether oxygens (including phenoxy) is 3. The van der Waals surface area contributed by atoms with E-state index in [1.807, 2.05) is 78.5 Å². The SMILES string of the molecule is Cn1ccnc1COc1ccc(C(=O)N(C/C=C/c2ccccc2)c2ccc3c(c2)OCCO3)cc1. The Balaban J connectivity index is 1.35. The summed E-state index contributed by atoms with van der Waals surface area (Å²) in [6, 6.07) is 22.7. The maximum Gasteiger partial charge on any atom is 0.258 e. The molecule has 0 N–H and O–H groups in total. The lowest BCUT2D eigenvalue weighted by Gasteiger charge is -2.25. The fraction of sp³-hybridized carbons (Fsp3) is 0.172. The Morgan fingerprint density at radius 1 is 1.03 bits per heavy atom. The normalized spacial score (nSPS) is 12.5. The second-order valence-electron chi connectivity index (χ2n) is 8.32. The Labute approximate surface area is 210 Å². The van der Waals surface area contributed by atoms with E-state index in [1.54, 1.807) is 35.4 Å². The minimum absolute atomic E-state index is 0.125. The second kappa shape index (κ2) is 10.8. The molecule has 4 aromatic rings. The summed E-state index contributed by atoms with van der Waals surface area (Å²) in [6.45, 7) is 1.75. The predicted molar refractivity (Wildman–Crippen MR) is 139 cm³/mol. The molecule has 0 bridgehead atoms. The molecule has 0 saturated carbocycles. The van der Waals surface area contributed by atoms with E-state index in [4.69, 9.17) is 14.2 Å². The molecule has 0 aliphatic carbocycles. The number of aryl methyl sites for hydroxylation is 1. The number of carbonyl (C=O) groups excluding carboxylic acids is 1. The smallest absolute Gasteiger partial charge is 0.258 e. The molecule has 1 aromatic heterocycles. The first kappa shape index (κ1) is 23.2. The molecule has 2 heterocycles. The van der Waals surface area contributed by atoms with Gasteiger partial charge in [-0.05, 0) is 42.0 Å². The molecule has 7 nitrogen and oxygen atoms in total. The molecule has 1 aliphatic heterocycles. The van der Waals surface area contributed by atoms with Crippen LogP contribution in [-0.2, 0) is 13.7 Å². The minimum atomic E-state index is -0.125. The van der Waals surface area contributed by atoms with Crippen LogP contribution in [0.5, 0.6) is 17.2 Å². The molecular weight excluding hydrogens is 454 g/mol. The number of fused-ring (bicyclic) bond motifs is 1. The van der Waals surface area contributed by atoms with Crippen molar-refractivity contribution in [2.45, 2.75) is 6.61 Å². The average molecular weight is 482 g/mol. The van der Waals surface area contributed by atoms with Crippen LogP contribution in [0.4, 0.5) is 5.69 Å². The van der Waals surface area contributed by atoms with Crippen LogP contribution in [-0.4, -0.2) is 35.2 Å². The van der Waals surface area contributed by atoms with Crippen molar-refractivity contribution in [1.82, 2.24) is 9.55 Å². The molecule has 5 rings (SSSR count). The molecule has 0 fully saturated rings. The maximum atomic E-state index is 13.6. The van der Waals surface area contributed by atoms with Crippen molar-refractivity contribution in [3.63, 3.8) is 0 Å². The van der Waals surface area contributed by atoms with E-state index in [2.05, 4.69) is 4.98 Å². The number of carbonyl (C=O) groups is 1. The van der Waals surface area contributed by atoms with Gasteiger partial charge in [0, 0.05) is 43.3 Å². The van der Waals surface area contributed by atoms with Gasteiger partial charge in [0.25, 0.3) is 5.91 Å². The molecule has 3 aromatic carbocycles. The van der Waals surface area contributed by atoms with Crippen LogP contribution in [0, 0.1) is 0 Å². The number of imidazole rings is 1. The molecule has 1 aliphatic rings. The Kier molecular flexibility index (Phi) is 6.98. The summed E-state index contributed by atoms with van der Waals surface area (Å²) in [6.07, 6.45) is 7.60. The molecule has 7 heteroatoms. The zero-order valence-electron chi connectivity index (χ0n) is 20.0. The highest BCUT2D eigenvalue weighted by atomic mass is 16.6. The Hall–Kier alpha value is -4.52. The summed E-state index contributed by atoms with van der Waals surface area (Å²) >= 11 is 0. The fourth-order valence-corrected chi connectivity index (χ4v) is 3.90. The number of nitrogens with zero attached hydrogens (tertiary/aromatic N) is 3. The first-order chi connectivity index (χ1) is 17.7. The van der Waals surface area contributed by atoms with Gasteiger partial charge >= 0.3 is 0 Å². The highest BCUT2D eigenvalue weighted by molar-refractivity contribution is 6.06. The van der Waals surface area contributed by atoms with Crippen LogP contribution in [0.3, 0.4) is 0 Å². The van der Waals surface area contributed by atoms with Crippen LogP contribution in [0.2, 0.25) is 0 Å². The summed E-state index contributed by atoms with van der Waals surface area (Å²) in [5, 5.41) is 0. The third kappa shape index (κ3) is 5.41. The van der Waals surface area contributed by atoms with Crippen molar-refractivity contribution in [3.8, 4) is 17.2 Å². The molecular formula is C29H27N3O4. The summed E-state index contributed by atoms with van der Waals surface area (Å²) in [5.41, 5.74) is 2.36. The molecule has 1 amide bonds. The molecule has 0 atom stereocenters. The van der Waals surface area contributed by atoms with Gasteiger partial charge in [-0.25, -0.2) is 4.98 Å². The van der Waals surface area contributed by atoms with Gasteiger partial charge in [-0.15, -0.1) is 0 Å². The maximum absolute atomic E-state index is 13.6. The van der Waals surface area contributed by atoms with Crippen LogP contribution < -0.4 is 19.1 Å². The number of rotatable bonds is 8. The quantitative estimate of drug-likeness (QED) is 0.349. The van der Waals surface area contributed by atoms with Crippen molar-refractivity contribution < 1.29 is 19.0 Å². The molecule has 182 valence electrons. The zero-order chi connectivity index (χ0) is 24.7. The number of hydrogen-bond donors (Lipinski definition) is 0. The first-order valence-corrected chi connectivity index (χ1v) is 11.8. The van der Waals surface area contributed by atoms with Gasteiger partial charge in [0.2, 0.25) is 0 Å². The van der Waals surface area contributed by atoms with E-state index in [1.165, 1.54) is 0 Å². The number of amides is 1. The van der Waals surface area contributed by atoms with Crippen LogP contribution in [0.25, 0.3) is 6.08 Å². The van der Waals surface area contributed by atoms with Crippen molar-refractivity contribution in [1.29, 1.82) is 0 Å². The van der Waals surface area contributed by atoms with Gasteiger partial charge in [-0.1, -0.05) is 42.5 Å². The Morgan fingerprint density at radius 2 is 1.81 bits per heavy atom. The lowest BCUT2D eigenvalue weighted by molar-refractivity contribution is 0.0989. The number of hydrogen-bond acceptors (Lipinski definition) is 5. The minimum Gasteiger partial charge on any atom is -0.486 e. The zero-order valence-corrected chi connectivity index (χ0v) is 20.0. The lowest BCUT2D eigenvalue weighted by atomic mass is 10.1. The van der Waals surface area contributed by atoms with Gasteiger partial charge in [0.1, 0.15) is 31.4 Å². The van der Waals surface area contributed by atoms with Crippen molar-refractivity contribution in [2.75, 3.05) is 24.7 Å². The molecule has 0 radical (unpaired) electrons. The van der Waals surface area contributed by atoms with Crippen molar-refractivity contribution in [2.24, 2.45) is 7.05 Å². The van der Waals surface area contributed by atoms with E-state index in [0.717, 1.165) is 17.1 Å². The monoisotopic (exact) mass is 481 g/mol. The van der Waals surface area contributed by atoms with Crippen LogP contribution in [0.1, 0.15) is 21.7 Å². The van der Waals surface area contributed by atoms with E-state index < -0.39 is 0 Å². The first-order valence-electron chi connectivity index (χ1n) is 11.8. The standard InChI is InChI=1S/C29H27N3O4/c1-31-17-15-30-28(31)21-36-25-12-9-23(10-13-25)29(33)32(16-5-8-22-6-3-2-4-7-22)24-11-14-26-27(20-24)35-19-18-34-26/h2-15,17,20H,16,18-19,21H2,1H3/b8-5+. The number of anilines is 1. The van der Waals surface area contributed by atoms with Gasteiger partial charge in [0.05, 0.1) is 0 Å². The van der Waals surface area contributed by atoms with Crippen LogP contribution in [0.15, 0.2) is 91.3 Å². The molecule has 36 heavy (non-hydrogen) atoms. The van der Waals surface area contributed by atoms with E-state index in [-0.39, 0.29) is 5.91 Å². The summed E-state index contributed by atoms with van der Waals surface area (Å²) in [7, 11) is 1.92. The second-order valence-corrected chi connectivity index (χ2v) is 8.32. The Bertz CT molecular complexity index is 1350. The largest absolute Gasteiger partial charge is 0.486 e. The molecule has 0 saturated heterocycles. The number of aromatic nitrogens is 2. The predicted octanol–water partition coefficient (Wildman–Crippen LogP) is 5.13. The van der Waals surface area contributed by atoms with Crippen molar-refractivity contribution in [3.05, 3.63) is 108 Å². The van der Waals surface area contributed by atoms with Gasteiger partial charge in [-0.2, -0.15) is 0 Å². The topological polar surface area (TPSA) is 65.8 Å². The summed E-state index contributed by atoms with van der Waals surface area (Å²) in [4.78, 5) is 19.6. The van der Waals surface area contributed by atoms with Gasteiger partial charge in [0.15, 0.2) is 11.5 Å². The Morgan fingerprint density at radius 3 is 2.56 bits per heavy atom. The fourth-order valence-electron chi connectivity index (χ4n) is 3.90. The third-order valence-electron chi connectivity index (χ3n) is 5.87. The highest BCUT2D eigenvalue weighted by Gasteiger charge is 2.20. The van der Waals surface area contributed by atoms with Gasteiger partial charge < -0.3 is 23.7 Å². The molecule has 0 unspecified atom stereocenters. The van der Waals surface area contributed by atoms with E-state index in [9.17, 15) is 4.79 Å². The summed E-state index contributed by atoms with van der Waals surface area (Å²) in [5.74, 6) is 2.70. The highest BCUT2D eigenvalue weighted by Crippen LogP contribution is 2.34. The van der Waals surface area contributed by atoms with Crippen molar-refractivity contribution >= 4 is 17.7 Å². The van der Waals surface area contributed by atoms with Crippen LogP contribution >= 0.6 is 0 Å². The summed E-state index contributed by atoms with van der Waals surface area (Å²) < 4.78 is 19.1. The van der Waals surface area contributed by atoms with E-state index >= 15 is 0 Å². The lowest BCUT2D eigenvalue weighted by Crippen LogP contribution is -2.31. The average Bonchev–Trinajstić information content (AvgIpc) is 3.34. The number of benzene rings is 3. The van der Waals surface area contributed by atoms with Gasteiger partial charge in [-0.3, -0.25) is 4.79 Å².